The fourth-order valence-corrected chi connectivity index (χ4v) is 5.59. The van der Waals surface area contributed by atoms with Crippen molar-refractivity contribution in [3.05, 3.63) is 30.1 Å². The number of ether oxygens (including phenoxy) is 3. The number of rotatable bonds is 12. The average molecular weight is 570 g/mol. The Labute approximate surface area is 224 Å². The van der Waals surface area contributed by atoms with Gasteiger partial charge in [-0.2, -0.15) is 10.4 Å². The predicted octanol–water partition coefficient (Wildman–Crippen LogP) is 0.390. The number of aliphatic hydroxyl groups excluding tert-OH is 2. The summed E-state index contributed by atoms with van der Waals surface area (Å²) in [4.78, 5) is 24.2. The molecule has 3 heterocycles. The molecule has 0 bridgehead atoms. The number of carbonyl (C=O) groups excluding carboxylic acids is 2. The van der Waals surface area contributed by atoms with Gasteiger partial charge in [-0.3, -0.25) is 13.8 Å². The van der Waals surface area contributed by atoms with E-state index in [-0.39, 0.29) is 18.9 Å². The maximum Gasteiger partial charge on any atom is 0.407 e. The van der Waals surface area contributed by atoms with E-state index in [0.29, 0.717) is 11.2 Å². The van der Waals surface area contributed by atoms with Crippen LogP contribution < -0.4 is 10.8 Å². The summed E-state index contributed by atoms with van der Waals surface area (Å²) in [5.41, 5.74) is 4.74. The second kappa shape index (κ2) is 12.4. The fourth-order valence-electron chi connectivity index (χ4n) is 3.97. The van der Waals surface area contributed by atoms with Crippen LogP contribution in [0.1, 0.15) is 33.4 Å². The lowest BCUT2D eigenvalue weighted by atomic mass is 9.92. The number of anilines is 1. The van der Waals surface area contributed by atoms with Crippen molar-refractivity contribution in [3.63, 3.8) is 0 Å². The molecule has 2 aromatic rings. The number of nitrogens with zero attached hydrogens (tertiary/aromatic N) is 3. The van der Waals surface area contributed by atoms with Crippen LogP contribution in [0.3, 0.4) is 0 Å². The van der Waals surface area contributed by atoms with E-state index in [0.717, 1.165) is 0 Å². The van der Waals surface area contributed by atoms with Crippen molar-refractivity contribution < 1.29 is 47.6 Å². The number of nitrogen functional groups attached to an aromatic ring is 1. The third-order valence-electron chi connectivity index (χ3n) is 5.91. The van der Waals surface area contributed by atoms with Gasteiger partial charge in [-0.05, 0) is 45.9 Å². The van der Waals surface area contributed by atoms with Gasteiger partial charge in [0, 0.05) is 6.20 Å². The molecule has 0 radical (unpaired) electrons. The summed E-state index contributed by atoms with van der Waals surface area (Å²) in [6.07, 6.45) is -4.85. The van der Waals surface area contributed by atoms with E-state index in [1.54, 1.807) is 26.0 Å². The van der Waals surface area contributed by atoms with Gasteiger partial charge in [0.05, 0.1) is 36.7 Å². The molecule has 2 aromatic heterocycles. The van der Waals surface area contributed by atoms with E-state index < -0.39 is 62.4 Å². The molecule has 0 saturated carbocycles. The van der Waals surface area contributed by atoms with Gasteiger partial charge in [0.1, 0.15) is 30.4 Å². The molecule has 0 amide bonds. The molecular weight excluding hydrogens is 537 g/mol. The Bertz CT molecular complexity index is 1250. The minimum atomic E-state index is -4.48. The number of nitriles is 1. The Morgan fingerprint density at radius 3 is 2.56 bits per heavy atom. The predicted molar refractivity (Wildman–Crippen MR) is 134 cm³/mol. The molecule has 15 nitrogen and oxygen atoms in total. The van der Waals surface area contributed by atoms with Gasteiger partial charge >= 0.3 is 19.7 Å². The summed E-state index contributed by atoms with van der Waals surface area (Å²) in [6, 6.07) is 5.30. The second-order valence-corrected chi connectivity index (χ2v) is 10.4. The molecular formula is C23H32N5O10P. The van der Waals surface area contributed by atoms with Gasteiger partial charge in [0.25, 0.3) is 0 Å². The molecule has 0 aromatic carbocycles. The van der Waals surface area contributed by atoms with Gasteiger partial charge in [-0.25, -0.2) is 19.0 Å². The first kappa shape index (κ1) is 30.5. The smallest absolute Gasteiger partial charge is 0.407 e. The quantitative estimate of drug-likeness (QED) is 0.201. The van der Waals surface area contributed by atoms with Gasteiger partial charge in [0.15, 0.2) is 6.10 Å². The summed E-state index contributed by atoms with van der Waals surface area (Å²) < 4.78 is 41.3. The van der Waals surface area contributed by atoms with E-state index in [4.69, 9.17) is 29.0 Å². The Morgan fingerprint density at radius 1 is 1.26 bits per heavy atom. The highest BCUT2D eigenvalue weighted by Gasteiger charge is 2.58. The van der Waals surface area contributed by atoms with Crippen molar-refractivity contribution in [3.8, 4) is 6.07 Å². The van der Waals surface area contributed by atoms with Gasteiger partial charge < -0.3 is 30.2 Å². The monoisotopic (exact) mass is 569 g/mol. The zero-order valence-corrected chi connectivity index (χ0v) is 22.7. The average Bonchev–Trinajstić information content (AvgIpc) is 3.44. The molecule has 1 aliphatic rings. The van der Waals surface area contributed by atoms with Crippen molar-refractivity contribution in [2.24, 2.45) is 0 Å². The number of hydrogen-bond donors (Lipinski definition) is 4. The lowest BCUT2D eigenvalue weighted by Crippen LogP contribution is -2.41. The topological polar surface area (TPSA) is 217 Å². The maximum absolute atomic E-state index is 13.6. The lowest BCUT2D eigenvalue weighted by Gasteiger charge is -2.26. The molecule has 1 aliphatic heterocycles. The number of fused-ring (bicyclic) bond motifs is 1. The first-order chi connectivity index (χ1) is 18.4. The van der Waals surface area contributed by atoms with E-state index in [1.165, 1.54) is 30.6 Å². The Balaban J connectivity index is 1.85. The largest absolute Gasteiger partial charge is 0.465 e. The normalized spacial score (nSPS) is 25.9. The molecule has 214 valence electrons. The van der Waals surface area contributed by atoms with Crippen molar-refractivity contribution >= 4 is 30.9 Å². The maximum atomic E-state index is 13.6. The first-order valence-corrected chi connectivity index (χ1v) is 13.7. The van der Waals surface area contributed by atoms with Gasteiger partial charge in [-0.15, -0.1) is 0 Å². The molecule has 1 saturated heterocycles. The van der Waals surface area contributed by atoms with Crippen LogP contribution in [0.2, 0.25) is 0 Å². The number of nitrogens with two attached hydrogens (primary N) is 1. The SMILES string of the molecule is CCOC(=O)[C@H](C)NP(=O)(OC[C@H]1O[C@@](C#N)(c2ccc3c(N)ccnn23)[C@H](O)[C@@H]1O)O[C@@H](C)C(=O)OCC. The van der Waals surface area contributed by atoms with Gasteiger partial charge in [0.2, 0.25) is 5.60 Å². The van der Waals surface area contributed by atoms with E-state index in [1.807, 2.05) is 6.07 Å². The van der Waals surface area contributed by atoms with Crippen LogP contribution in [0.4, 0.5) is 5.69 Å². The van der Waals surface area contributed by atoms with Crippen LogP contribution in [-0.2, 0) is 43.0 Å². The highest BCUT2D eigenvalue weighted by Crippen LogP contribution is 2.48. The van der Waals surface area contributed by atoms with Crippen molar-refractivity contribution in [2.75, 3.05) is 25.6 Å². The number of hydrogen-bond acceptors (Lipinski definition) is 13. The first-order valence-electron chi connectivity index (χ1n) is 12.1. The molecule has 1 fully saturated rings. The molecule has 1 unspecified atom stereocenters. The van der Waals surface area contributed by atoms with Crippen LogP contribution in [0, 0.1) is 11.3 Å². The highest BCUT2D eigenvalue weighted by atomic mass is 31.2. The molecule has 16 heteroatoms. The minimum Gasteiger partial charge on any atom is -0.465 e. The van der Waals surface area contributed by atoms with E-state index in [9.17, 15) is 29.6 Å². The van der Waals surface area contributed by atoms with Gasteiger partial charge in [-0.1, -0.05) is 0 Å². The summed E-state index contributed by atoms with van der Waals surface area (Å²) in [5, 5.41) is 38.3. The summed E-state index contributed by atoms with van der Waals surface area (Å²) in [5.74, 6) is -1.61. The summed E-state index contributed by atoms with van der Waals surface area (Å²) >= 11 is 0. The highest BCUT2D eigenvalue weighted by molar-refractivity contribution is 7.51. The zero-order chi connectivity index (χ0) is 29.0. The van der Waals surface area contributed by atoms with Crippen LogP contribution >= 0.6 is 7.75 Å². The third-order valence-corrected chi connectivity index (χ3v) is 7.69. The third kappa shape index (κ3) is 6.23. The Morgan fingerprint density at radius 2 is 1.92 bits per heavy atom. The fraction of sp³-hybridized carbons (Fsp3) is 0.565. The zero-order valence-electron chi connectivity index (χ0n) is 21.8. The second-order valence-electron chi connectivity index (χ2n) is 8.64. The number of nitrogens with one attached hydrogen (secondary N) is 1. The Kier molecular flexibility index (Phi) is 9.68. The number of carbonyl (C=O) groups is 2. The summed E-state index contributed by atoms with van der Waals surface area (Å²) in [7, 11) is -4.48. The lowest BCUT2D eigenvalue weighted by molar-refractivity contribution is -0.151. The molecule has 5 N–H and O–H groups in total. The van der Waals surface area contributed by atoms with Crippen LogP contribution in [0.15, 0.2) is 24.4 Å². The number of aliphatic hydroxyl groups is 2. The molecule has 39 heavy (non-hydrogen) atoms. The molecule has 0 spiro atoms. The summed E-state index contributed by atoms with van der Waals surface area (Å²) in [6.45, 7) is 5.18. The number of aromatic nitrogens is 2. The van der Waals surface area contributed by atoms with Crippen molar-refractivity contribution in [1.82, 2.24) is 14.7 Å². The minimum absolute atomic E-state index is 0.0372. The van der Waals surface area contributed by atoms with Crippen LogP contribution in [0.5, 0.6) is 0 Å². The standard InChI is InChI=1S/C23H32N5O10P/c1-5-34-21(31)13(3)27-39(33,38-14(4)22(32)35-6-2)36-11-17-19(29)20(30)23(12-24,37-17)18-8-7-16-15(25)9-10-26-28(16)18/h7-10,13-14,17,19-20,29-30H,5-6,11,25H2,1-4H3,(H,27,33)/t13-,14-,17+,19+,20+,23-,39?/m0/s1. The Hall–Kier alpha value is -3.09. The van der Waals surface area contributed by atoms with Crippen LogP contribution in [-0.4, -0.2) is 82.0 Å². The van der Waals surface area contributed by atoms with Crippen molar-refractivity contribution in [1.29, 1.82) is 5.26 Å². The molecule has 0 aliphatic carbocycles. The molecule has 7 atom stereocenters. The molecule has 3 rings (SSSR count). The van der Waals surface area contributed by atoms with Crippen LogP contribution in [0.25, 0.3) is 5.52 Å². The van der Waals surface area contributed by atoms with E-state index >= 15 is 0 Å². The number of esters is 2. The van der Waals surface area contributed by atoms with Crippen molar-refractivity contribution in [2.45, 2.75) is 63.8 Å². The van der Waals surface area contributed by atoms with E-state index in [2.05, 4.69) is 10.2 Å².